The summed E-state index contributed by atoms with van der Waals surface area (Å²) in [5, 5.41) is 35.7. The van der Waals surface area contributed by atoms with Gasteiger partial charge >= 0.3 is 11.9 Å². The van der Waals surface area contributed by atoms with E-state index in [1.807, 2.05) is 0 Å². The molecule has 100 valence electrons. The molecule has 3 aliphatic rings. The fraction of sp³-hybridized carbons (Fsp3) is 0.778. The maximum absolute atomic E-state index is 10.3. The van der Waals surface area contributed by atoms with E-state index in [9.17, 15) is 15.3 Å². The Labute approximate surface area is 103 Å². The highest BCUT2D eigenvalue weighted by atomic mass is 16.5. The van der Waals surface area contributed by atoms with Gasteiger partial charge in [-0.3, -0.25) is 21.8 Å². The molecule has 3 aliphatic heterocycles. The van der Waals surface area contributed by atoms with Crippen molar-refractivity contribution in [2.45, 2.75) is 30.0 Å². The molecule has 9 nitrogen and oxygen atoms in total. The zero-order valence-electron chi connectivity index (χ0n) is 9.72. The largest absolute Gasteiger partial charge is 0.393 e. The van der Waals surface area contributed by atoms with Gasteiger partial charge < -0.3 is 15.3 Å². The molecule has 0 aliphatic carbocycles. The SMILES string of the molecule is NC1=[NH+]C2C(CO)NC(N)=[N+]3CCC(O)(O)C23N1. The van der Waals surface area contributed by atoms with Gasteiger partial charge in [0, 0.05) is 6.42 Å². The number of aliphatic hydroxyl groups is 3. The highest BCUT2D eigenvalue weighted by Crippen LogP contribution is 2.36. The molecule has 0 aromatic heterocycles. The summed E-state index contributed by atoms with van der Waals surface area (Å²) in [6, 6.07) is -0.973. The highest BCUT2D eigenvalue weighted by Gasteiger charge is 2.74. The summed E-state index contributed by atoms with van der Waals surface area (Å²) in [5.74, 6) is -1.47. The fourth-order valence-electron chi connectivity index (χ4n) is 3.23. The molecule has 3 atom stereocenters. The Balaban J connectivity index is 2.18. The molecule has 3 heterocycles. The normalized spacial score (nSPS) is 40.7. The molecule has 0 aromatic rings. The molecule has 0 aromatic carbocycles. The number of aliphatic hydroxyl groups excluding tert-OH is 1. The van der Waals surface area contributed by atoms with Crippen molar-refractivity contribution < 1.29 is 24.9 Å². The number of nitrogens with one attached hydrogen (secondary N) is 3. The van der Waals surface area contributed by atoms with Crippen molar-refractivity contribution >= 4 is 11.9 Å². The van der Waals surface area contributed by atoms with E-state index in [2.05, 4.69) is 15.6 Å². The first-order valence-electron chi connectivity index (χ1n) is 5.82. The van der Waals surface area contributed by atoms with Gasteiger partial charge in [-0.2, -0.15) is 0 Å². The standard InChI is InChI=1S/C9H16N6O3/c10-6-13-5-4(3-16)12-7(11)15-2-1-8(17,18)9(5,15)14-6/h4-5,16-18H,1-3H2,(H5,10,11,12,13,14)/p+2. The van der Waals surface area contributed by atoms with Crippen molar-refractivity contribution in [3.8, 4) is 0 Å². The van der Waals surface area contributed by atoms with Crippen molar-refractivity contribution in [1.29, 1.82) is 0 Å². The average molecular weight is 258 g/mol. The molecule has 3 rings (SSSR count). The minimum Gasteiger partial charge on any atom is -0.393 e. The Kier molecular flexibility index (Phi) is 2.08. The number of nitrogens with two attached hydrogens (primary N) is 2. The molecule has 3 unspecified atom stereocenters. The smallest absolute Gasteiger partial charge is 0.347 e. The van der Waals surface area contributed by atoms with Gasteiger partial charge in [0.25, 0.3) is 5.66 Å². The summed E-state index contributed by atoms with van der Waals surface area (Å²) in [6.45, 7) is 0.168. The lowest BCUT2D eigenvalue weighted by molar-refractivity contribution is -0.674. The van der Waals surface area contributed by atoms with E-state index in [0.29, 0.717) is 12.5 Å². The number of hydrogen-bond acceptors (Lipinski definition) is 7. The van der Waals surface area contributed by atoms with E-state index in [4.69, 9.17) is 11.5 Å². The topological polar surface area (TPSA) is 154 Å². The first kappa shape index (κ1) is 11.5. The van der Waals surface area contributed by atoms with Crippen LogP contribution in [0.2, 0.25) is 0 Å². The molecule has 1 fully saturated rings. The third-order valence-electron chi connectivity index (χ3n) is 4.03. The summed E-state index contributed by atoms with van der Waals surface area (Å²) in [6.07, 6.45) is 0.131. The van der Waals surface area contributed by atoms with Crippen LogP contribution in [-0.2, 0) is 0 Å². The van der Waals surface area contributed by atoms with Crippen molar-refractivity contribution in [2.75, 3.05) is 13.2 Å². The molecular formula is C9H18N6O3+2. The predicted molar refractivity (Wildman–Crippen MR) is 59.9 cm³/mol. The minimum atomic E-state index is -1.99. The van der Waals surface area contributed by atoms with Crippen LogP contribution in [0.15, 0.2) is 0 Å². The lowest BCUT2D eigenvalue weighted by Crippen LogP contribution is -2.91. The summed E-state index contributed by atoms with van der Waals surface area (Å²) in [7, 11) is 0. The molecule has 0 radical (unpaired) electrons. The molecule has 1 spiro atoms. The van der Waals surface area contributed by atoms with E-state index in [-0.39, 0.29) is 19.0 Å². The Hall–Kier alpha value is -1.58. The lowest BCUT2D eigenvalue weighted by atomic mass is 9.87. The van der Waals surface area contributed by atoms with Crippen molar-refractivity contribution in [2.24, 2.45) is 11.5 Å². The third-order valence-corrected chi connectivity index (χ3v) is 4.03. The summed E-state index contributed by atoms with van der Waals surface area (Å²) in [4.78, 5) is 2.93. The number of hydrogen-bond donors (Lipinski definition) is 8. The molecule has 10 N–H and O–H groups in total. The van der Waals surface area contributed by atoms with Crippen LogP contribution in [-0.4, -0.2) is 68.5 Å². The van der Waals surface area contributed by atoms with Gasteiger partial charge in [-0.25, -0.2) is 9.89 Å². The summed E-state index contributed by atoms with van der Waals surface area (Å²) in [5.41, 5.74) is 10.3. The quantitative estimate of drug-likeness (QED) is 0.172. The van der Waals surface area contributed by atoms with Crippen LogP contribution in [0.25, 0.3) is 0 Å². The molecule has 0 saturated carbocycles. The highest BCUT2D eigenvalue weighted by molar-refractivity contribution is 5.78. The second-order valence-corrected chi connectivity index (χ2v) is 4.96. The van der Waals surface area contributed by atoms with E-state index >= 15 is 0 Å². The van der Waals surface area contributed by atoms with Gasteiger partial charge in [0.05, 0.1) is 13.2 Å². The van der Waals surface area contributed by atoms with Gasteiger partial charge in [-0.15, -0.1) is 0 Å². The number of guanidine groups is 2. The Morgan fingerprint density at radius 2 is 2.17 bits per heavy atom. The zero-order valence-corrected chi connectivity index (χ0v) is 9.72. The fourth-order valence-corrected chi connectivity index (χ4v) is 3.23. The van der Waals surface area contributed by atoms with Crippen LogP contribution in [0.4, 0.5) is 0 Å². The first-order valence-corrected chi connectivity index (χ1v) is 5.82. The maximum atomic E-state index is 10.3. The Bertz CT molecular complexity index is 461. The van der Waals surface area contributed by atoms with Gasteiger partial charge in [0.2, 0.25) is 5.79 Å². The Morgan fingerprint density at radius 1 is 1.44 bits per heavy atom. The monoisotopic (exact) mass is 258 g/mol. The van der Waals surface area contributed by atoms with Crippen LogP contribution < -0.4 is 27.1 Å². The number of rotatable bonds is 1. The molecule has 9 heteroatoms. The van der Waals surface area contributed by atoms with Crippen LogP contribution in [0.5, 0.6) is 0 Å². The van der Waals surface area contributed by atoms with Crippen LogP contribution in [0.3, 0.4) is 0 Å². The van der Waals surface area contributed by atoms with Crippen molar-refractivity contribution in [1.82, 2.24) is 10.6 Å². The van der Waals surface area contributed by atoms with Gasteiger partial charge in [0.15, 0.2) is 6.04 Å². The molecule has 18 heavy (non-hydrogen) atoms. The van der Waals surface area contributed by atoms with Gasteiger partial charge in [0.1, 0.15) is 6.04 Å². The lowest BCUT2D eigenvalue weighted by Gasteiger charge is -2.39. The second-order valence-electron chi connectivity index (χ2n) is 4.96. The average Bonchev–Trinajstić information content (AvgIpc) is 2.77. The van der Waals surface area contributed by atoms with Crippen LogP contribution >= 0.6 is 0 Å². The zero-order chi connectivity index (χ0) is 13.1. The summed E-state index contributed by atoms with van der Waals surface area (Å²) < 4.78 is 1.64. The molecular weight excluding hydrogens is 240 g/mol. The second kappa shape index (κ2) is 3.25. The molecule has 0 bridgehead atoms. The Morgan fingerprint density at radius 3 is 2.83 bits per heavy atom. The van der Waals surface area contributed by atoms with E-state index < -0.39 is 23.5 Å². The van der Waals surface area contributed by atoms with Gasteiger partial charge in [-0.05, 0) is 0 Å². The summed E-state index contributed by atoms with van der Waals surface area (Å²) >= 11 is 0. The maximum Gasteiger partial charge on any atom is 0.347 e. The minimum absolute atomic E-state index is 0.131. The van der Waals surface area contributed by atoms with Crippen molar-refractivity contribution in [3.05, 3.63) is 0 Å². The van der Waals surface area contributed by atoms with Crippen molar-refractivity contribution in [3.63, 3.8) is 0 Å². The van der Waals surface area contributed by atoms with Crippen LogP contribution in [0, 0.1) is 0 Å². The number of nitrogens with zero attached hydrogens (tertiary/aromatic N) is 1. The third kappa shape index (κ3) is 1.11. The van der Waals surface area contributed by atoms with E-state index in [1.54, 1.807) is 4.58 Å². The molecule has 1 saturated heterocycles. The molecule has 0 amide bonds. The van der Waals surface area contributed by atoms with E-state index in [1.165, 1.54) is 0 Å². The predicted octanol–water partition coefficient (Wildman–Crippen LogP) is -6.57. The van der Waals surface area contributed by atoms with Crippen LogP contribution in [0.1, 0.15) is 6.42 Å². The van der Waals surface area contributed by atoms with E-state index in [0.717, 1.165) is 0 Å². The van der Waals surface area contributed by atoms with Gasteiger partial charge in [-0.1, -0.05) is 0 Å². The first-order chi connectivity index (χ1) is 8.42.